The molecule has 6 heteroatoms. The molecule has 1 aromatic rings. The molecule has 0 unspecified atom stereocenters. The van der Waals surface area contributed by atoms with E-state index in [2.05, 4.69) is 14.1 Å². The molecule has 54 valence electrons. The maximum absolute atomic E-state index is 10.8. The predicted molar refractivity (Wildman–Crippen MR) is 37.7 cm³/mol. The highest BCUT2D eigenvalue weighted by molar-refractivity contribution is 6.99. The summed E-state index contributed by atoms with van der Waals surface area (Å²) in [4.78, 5) is 10.8. The van der Waals surface area contributed by atoms with E-state index in [0.29, 0.717) is 0 Å². The Labute approximate surface area is 61.6 Å². The lowest BCUT2D eigenvalue weighted by molar-refractivity contribution is 0.0960. The van der Waals surface area contributed by atoms with Crippen LogP contribution in [0.25, 0.3) is 0 Å². The molecule has 1 aromatic heterocycles. The maximum Gasteiger partial charge on any atom is 0.274 e. The summed E-state index contributed by atoms with van der Waals surface area (Å²) in [6, 6.07) is 0. The molecule has 0 bridgehead atoms. The fourth-order valence-corrected chi connectivity index (χ4v) is 0.945. The van der Waals surface area contributed by atoms with Crippen molar-refractivity contribution in [1.82, 2.24) is 14.1 Å². The summed E-state index contributed by atoms with van der Waals surface area (Å²) >= 11 is 0.924. The van der Waals surface area contributed by atoms with E-state index < -0.39 is 0 Å². The molecule has 1 heterocycles. The summed E-state index contributed by atoms with van der Waals surface area (Å²) in [6.07, 6.45) is 0. The van der Waals surface area contributed by atoms with E-state index >= 15 is 0 Å². The highest BCUT2D eigenvalue weighted by Gasteiger charge is 2.10. The lowest BCUT2D eigenvalue weighted by atomic mass is 10.4. The SMILES string of the molecule is CNC(=O)c1nsnc1N. The van der Waals surface area contributed by atoms with Crippen LogP contribution < -0.4 is 11.1 Å². The van der Waals surface area contributed by atoms with Gasteiger partial charge in [-0.2, -0.15) is 8.75 Å². The van der Waals surface area contributed by atoms with Crippen LogP contribution in [0.4, 0.5) is 5.82 Å². The zero-order chi connectivity index (χ0) is 7.56. The van der Waals surface area contributed by atoms with E-state index in [0.717, 1.165) is 11.7 Å². The second kappa shape index (κ2) is 2.61. The molecule has 0 fully saturated rings. The van der Waals surface area contributed by atoms with Crippen LogP contribution in [0.15, 0.2) is 0 Å². The first-order valence-electron chi connectivity index (χ1n) is 2.56. The summed E-state index contributed by atoms with van der Waals surface area (Å²) in [5.41, 5.74) is 5.49. The van der Waals surface area contributed by atoms with Gasteiger partial charge in [0.2, 0.25) is 0 Å². The summed E-state index contributed by atoms with van der Waals surface area (Å²) in [6.45, 7) is 0. The van der Waals surface area contributed by atoms with Gasteiger partial charge in [-0.15, -0.1) is 0 Å². The van der Waals surface area contributed by atoms with Gasteiger partial charge in [-0.3, -0.25) is 4.79 Å². The smallest absolute Gasteiger partial charge is 0.274 e. The molecule has 5 nitrogen and oxygen atoms in total. The van der Waals surface area contributed by atoms with Crippen LogP contribution in [-0.4, -0.2) is 21.7 Å². The number of hydrogen-bond donors (Lipinski definition) is 2. The summed E-state index contributed by atoms with van der Waals surface area (Å²) < 4.78 is 7.31. The van der Waals surface area contributed by atoms with Gasteiger partial charge in [0, 0.05) is 7.05 Å². The molecule has 0 aliphatic rings. The quantitative estimate of drug-likeness (QED) is 0.576. The van der Waals surface area contributed by atoms with Crippen molar-refractivity contribution in [3.05, 3.63) is 5.69 Å². The Balaban J connectivity index is 2.93. The van der Waals surface area contributed by atoms with Crippen molar-refractivity contribution in [2.45, 2.75) is 0 Å². The van der Waals surface area contributed by atoms with Crippen LogP contribution in [0.2, 0.25) is 0 Å². The standard InChI is InChI=1S/C4H6N4OS/c1-6-4(9)2-3(5)8-10-7-2/h1H3,(H2,5,8)(H,6,9). The molecule has 0 aliphatic heterocycles. The third-order valence-corrected chi connectivity index (χ3v) is 1.50. The van der Waals surface area contributed by atoms with Crippen molar-refractivity contribution in [2.75, 3.05) is 12.8 Å². The Morgan fingerprint density at radius 3 is 2.80 bits per heavy atom. The monoisotopic (exact) mass is 158 g/mol. The van der Waals surface area contributed by atoms with Crippen LogP contribution in [-0.2, 0) is 0 Å². The van der Waals surface area contributed by atoms with Gasteiger partial charge in [0.05, 0.1) is 11.7 Å². The van der Waals surface area contributed by atoms with Crippen molar-refractivity contribution < 1.29 is 4.79 Å². The van der Waals surface area contributed by atoms with Gasteiger partial charge in [0.15, 0.2) is 11.5 Å². The van der Waals surface area contributed by atoms with Crippen molar-refractivity contribution >= 4 is 23.5 Å². The maximum atomic E-state index is 10.8. The molecule has 1 amide bonds. The molecular weight excluding hydrogens is 152 g/mol. The molecule has 0 radical (unpaired) electrons. The molecule has 0 saturated carbocycles. The average Bonchev–Trinajstić information content (AvgIpc) is 2.34. The predicted octanol–water partition coefficient (Wildman–Crippen LogP) is -0.520. The zero-order valence-corrected chi connectivity index (χ0v) is 6.10. The number of rotatable bonds is 1. The Morgan fingerprint density at radius 1 is 1.70 bits per heavy atom. The van der Waals surface area contributed by atoms with E-state index in [1.807, 2.05) is 0 Å². The van der Waals surface area contributed by atoms with Gasteiger partial charge >= 0.3 is 0 Å². The molecule has 0 aromatic carbocycles. The third-order valence-electron chi connectivity index (χ3n) is 0.956. The number of nitrogen functional groups attached to an aromatic ring is 1. The normalized spacial score (nSPS) is 9.30. The van der Waals surface area contributed by atoms with Gasteiger partial charge in [-0.1, -0.05) is 0 Å². The number of hydrogen-bond acceptors (Lipinski definition) is 5. The highest BCUT2D eigenvalue weighted by Crippen LogP contribution is 2.05. The minimum absolute atomic E-state index is 0.185. The van der Waals surface area contributed by atoms with Gasteiger partial charge < -0.3 is 11.1 Å². The minimum Gasteiger partial charge on any atom is -0.381 e. The van der Waals surface area contributed by atoms with Crippen molar-refractivity contribution in [2.24, 2.45) is 0 Å². The van der Waals surface area contributed by atoms with Gasteiger partial charge in [0.1, 0.15) is 0 Å². The van der Waals surface area contributed by atoms with Crippen LogP contribution >= 0.6 is 11.7 Å². The molecule has 0 saturated heterocycles. The van der Waals surface area contributed by atoms with Crippen LogP contribution in [0.3, 0.4) is 0 Å². The Morgan fingerprint density at radius 2 is 2.40 bits per heavy atom. The Hall–Kier alpha value is -1.17. The molecule has 0 spiro atoms. The van der Waals surface area contributed by atoms with E-state index in [-0.39, 0.29) is 17.4 Å². The molecular formula is C4H6N4OS. The van der Waals surface area contributed by atoms with Crippen molar-refractivity contribution in [1.29, 1.82) is 0 Å². The number of anilines is 1. The molecule has 0 aliphatic carbocycles. The largest absolute Gasteiger partial charge is 0.381 e. The van der Waals surface area contributed by atoms with E-state index in [9.17, 15) is 4.79 Å². The van der Waals surface area contributed by atoms with E-state index in [1.54, 1.807) is 0 Å². The number of nitrogens with one attached hydrogen (secondary N) is 1. The lowest BCUT2D eigenvalue weighted by Crippen LogP contribution is -2.19. The Kier molecular flexibility index (Phi) is 1.81. The number of carbonyl (C=O) groups is 1. The van der Waals surface area contributed by atoms with E-state index in [1.165, 1.54) is 7.05 Å². The van der Waals surface area contributed by atoms with Crippen LogP contribution in [0.5, 0.6) is 0 Å². The molecule has 0 atom stereocenters. The second-order valence-corrected chi connectivity index (χ2v) is 2.11. The summed E-state index contributed by atoms with van der Waals surface area (Å²) in [5, 5.41) is 2.39. The van der Waals surface area contributed by atoms with Gasteiger partial charge in [-0.25, -0.2) is 0 Å². The summed E-state index contributed by atoms with van der Waals surface area (Å²) in [5.74, 6) is -0.115. The van der Waals surface area contributed by atoms with Gasteiger partial charge in [0.25, 0.3) is 5.91 Å². The third kappa shape index (κ3) is 1.06. The fourth-order valence-electron chi connectivity index (χ4n) is 0.471. The summed E-state index contributed by atoms with van der Waals surface area (Å²) in [7, 11) is 1.52. The second-order valence-electron chi connectivity index (χ2n) is 1.58. The van der Waals surface area contributed by atoms with E-state index in [4.69, 9.17) is 5.73 Å². The molecule has 10 heavy (non-hydrogen) atoms. The number of carbonyl (C=O) groups excluding carboxylic acids is 1. The zero-order valence-electron chi connectivity index (χ0n) is 5.29. The number of nitrogens with zero attached hydrogens (tertiary/aromatic N) is 2. The Bertz CT molecular complexity index is 245. The average molecular weight is 158 g/mol. The molecule has 1 rings (SSSR count). The van der Waals surface area contributed by atoms with Gasteiger partial charge in [-0.05, 0) is 0 Å². The fraction of sp³-hybridized carbons (Fsp3) is 0.250. The number of nitrogens with two attached hydrogens (primary N) is 1. The van der Waals surface area contributed by atoms with Crippen LogP contribution in [0.1, 0.15) is 10.5 Å². The number of amides is 1. The topological polar surface area (TPSA) is 80.9 Å². The first kappa shape index (κ1) is 6.94. The number of aromatic nitrogens is 2. The first-order valence-corrected chi connectivity index (χ1v) is 3.29. The lowest BCUT2D eigenvalue weighted by Gasteiger charge is -1.91. The van der Waals surface area contributed by atoms with Crippen molar-refractivity contribution in [3.63, 3.8) is 0 Å². The minimum atomic E-state index is -0.300. The molecule has 3 N–H and O–H groups in total. The van der Waals surface area contributed by atoms with Crippen molar-refractivity contribution in [3.8, 4) is 0 Å². The highest BCUT2D eigenvalue weighted by atomic mass is 32.1. The van der Waals surface area contributed by atoms with Crippen LogP contribution in [0, 0.1) is 0 Å². The first-order chi connectivity index (χ1) is 4.75.